The third-order valence-electron chi connectivity index (χ3n) is 2.28. The topological polar surface area (TPSA) is 119 Å². The molecule has 0 radical (unpaired) electrons. The number of H-pyrrole nitrogens is 1. The second kappa shape index (κ2) is 6.11. The number of anilines is 1. The highest BCUT2D eigenvalue weighted by Crippen LogP contribution is 2.08. The van der Waals surface area contributed by atoms with Crippen molar-refractivity contribution in [2.75, 3.05) is 18.4 Å². The fourth-order valence-electron chi connectivity index (χ4n) is 1.39. The van der Waals surface area contributed by atoms with Crippen LogP contribution in [0.2, 0.25) is 0 Å². The highest BCUT2D eigenvalue weighted by Gasteiger charge is 2.07. The van der Waals surface area contributed by atoms with Gasteiger partial charge in [-0.25, -0.2) is 4.98 Å². The Balaban J connectivity index is 1.78. The van der Waals surface area contributed by atoms with E-state index in [2.05, 4.69) is 31.0 Å². The average Bonchev–Trinajstić information content (AvgIpc) is 2.98. The highest BCUT2D eigenvalue weighted by molar-refractivity contribution is 5.91. The lowest BCUT2D eigenvalue weighted by Gasteiger charge is -2.07. The molecule has 0 fully saturated rings. The number of aromatic nitrogens is 4. The molecule has 3 N–H and O–H groups in total. The third-order valence-corrected chi connectivity index (χ3v) is 2.28. The van der Waals surface area contributed by atoms with Gasteiger partial charge in [-0.1, -0.05) is 0 Å². The summed E-state index contributed by atoms with van der Waals surface area (Å²) in [6.45, 7) is 0.836. The lowest BCUT2D eigenvalue weighted by molar-refractivity contribution is 0.0950. The third kappa shape index (κ3) is 3.26. The Hall–Kier alpha value is -2.95. The van der Waals surface area contributed by atoms with Gasteiger partial charge in [-0.2, -0.15) is 20.7 Å². The van der Waals surface area contributed by atoms with Crippen molar-refractivity contribution in [3.05, 3.63) is 35.8 Å². The van der Waals surface area contributed by atoms with Crippen LogP contribution in [0.5, 0.6) is 0 Å². The molecule has 2 aromatic rings. The van der Waals surface area contributed by atoms with Crippen molar-refractivity contribution in [2.24, 2.45) is 0 Å². The quantitative estimate of drug-likeness (QED) is 0.644. The normalized spacial score (nSPS) is 9.63. The van der Waals surface area contributed by atoms with Gasteiger partial charge in [0.05, 0.1) is 11.8 Å². The van der Waals surface area contributed by atoms with Crippen LogP contribution in [-0.2, 0) is 0 Å². The van der Waals surface area contributed by atoms with Crippen LogP contribution < -0.4 is 10.6 Å². The number of aromatic amines is 1. The lowest BCUT2D eigenvalue weighted by atomic mass is 10.3. The molecule has 96 valence electrons. The summed E-state index contributed by atoms with van der Waals surface area (Å²) in [6.07, 6.45) is 2.94. The van der Waals surface area contributed by atoms with Crippen molar-refractivity contribution in [1.29, 1.82) is 5.26 Å². The maximum Gasteiger partial charge on any atom is 0.273 e. The molecule has 1 amide bonds. The average molecular weight is 257 g/mol. The Kier molecular flexibility index (Phi) is 4.02. The van der Waals surface area contributed by atoms with Gasteiger partial charge in [0.25, 0.3) is 5.91 Å². The van der Waals surface area contributed by atoms with Crippen LogP contribution in [0.3, 0.4) is 0 Å². The van der Waals surface area contributed by atoms with Gasteiger partial charge < -0.3 is 10.6 Å². The first kappa shape index (κ1) is 12.5. The Morgan fingerprint density at radius 3 is 3.11 bits per heavy atom. The molecule has 2 aromatic heterocycles. The maximum atomic E-state index is 11.5. The van der Waals surface area contributed by atoms with Crippen molar-refractivity contribution >= 4 is 11.7 Å². The van der Waals surface area contributed by atoms with Crippen molar-refractivity contribution in [2.45, 2.75) is 0 Å². The minimum absolute atomic E-state index is 0.232. The molecular weight excluding hydrogens is 246 g/mol. The van der Waals surface area contributed by atoms with E-state index < -0.39 is 0 Å². The Bertz CT molecular complexity index is 587. The van der Waals surface area contributed by atoms with Crippen LogP contribution in [-0.4, -0.2) is 39.4 Å². The number of pyridine rings is 1. The van der Waals surface area contributed by atoms with Gasteiger partial charge in [0.1, 0.15) is 11.9 Å². The predicted molar refractivity (Wildman–Crippen MR) is 66.2 cm³/mol. The molecule has 2 rings (SSSR count). The van der Waals surface area contributed by atoms with Gasteiger partial charge in [0.15, 0.2) is 5.69 Å². The van der Waals surface area contributed by atoms with E-state index in [0.29, 0.717) is 24.5 Å². The first-order chi connectivity index (χ1) is 9.31. The van der Waals surface area contributed by atoms with Crippen molar-refractivity contribution in [1.82, 2.24) is 25.7 Å². The summed E-state index contributed by atoms with van der Waals surface area (Å²) in [6, 6.07) is 5.39. The number of rotatable bonds is 5. The van der Waals surface area contributed by atoms with Crippen LogP contribution in [0.15, 0.2) is 24.5 Å². The van der Waals surface area contributed by atoms with E-state index in [1.54, 1.807) is 18.3 Å². The van der Waals surface area contributed by atoms with Crippen LogP contribution >= 0.6 is 0 Å². The molecule has 0 aliphatic carbocycles. The van der Waals surface area contributed by atoms with E-state index in [1.807, 2.05) is 6.07 Å². The Morgan fingerprint density at radius 1 is 1.47 bits per heavy atom. The van der Waals surface area contributed by atoms with E-state index in [-0.39, 0.29) is 11.6 Å². The second-order valence-corrected chi connectivity index (χ2v) is 3.55. The molecule has 0 spiro atoms. The monoisotopic (exact) mass is 257 g/mol. The van der Waals surface area contributed by atoms with E-state index >= 15 is 0 Å². The fraction of sp³-hybridized carbons (Fsp3) is 0.182. The van der Waals surface area contributed by atoms with Crippen molar-refractivity contribution < 1.29 is 4.79 Å². The summed E-state index contributed by atoms with van der Waals surface area (Å²) in [7, 11) is 0. The van der Waals surface area contributed by atoms with Crippen LogP contribution in [0.25, 0.3) is 0 Å². The van der Waals surface area contributed by atoms with E-state index in [9.17, 15) is 4.79 Å². The number of carbonyl (C=O) groups is 1. The molecule has 0 atom stereocenters. The van der Waals surface area contributed by atoms with Crippen molar-refractivity contribution in [3.63, 3.8) is 0 Å². The number of amides is 1. The molecule has 2 heterocycles. The number of hydrogen-bond donors (Lipinski definition) is 3. The molecule has 0 aliphatic heterocycles. The van der Waals surface area contributed by atoms with Crippen LogP contribution in [0, 0.1) is 11.3 Å². The number of nitrogens with one attached hydrogen (secondary N) is 3. The number of nitriles is 1. The largest absolute Gasteiger partial charge is 0.367 e. The van der Waals surface area contributed by atoms with Gasteiger partial charge in [-0.05, 0) is 12.1 Å². The zero-order chi connectivity index (χ0) is 13.5. The van der Waals surface area contributed by atoms with Gasteiger partial charge in [-0.15, -0.1) is 0 Å². The number of nitrogens with zero attached hydrogens (tertiary/aromatic N) is 4. The summed E-state index contributed by atoms with van der Waals surface area (Å²) in [5.74, 6) is 0.192. The minimum Gasteiger partial charge on any atom is -0.367 e. The molecule has 0 saturated heterocycles. The van der Waals surface area contributed by atoms with E-state index in [4.69, 9.17) is 5.26 Å². The molecular formula is C11H11N7O. The SMILES string of the molecule is N#Cc1cccnc1NCCNC(=O)c1cn[nH]n1. The maximum absolute atomic E-state index is 11.5. The molecule has 8 heteroatoms. The molecule has 0 aromatic carbocycles. The first-order valence-electron chi connectivity index (χ1n) is 5.54. The molecule has 8 nitrogen and oxygen atoms in total. The number of carbonyl (C=O) groups excluding carboxylic acids is 1. The minimum atomic E-state index is -0.308. The predicted octanol–water partition coefficient (Wildman–Crippen LogP) is -0.0867. The Morgan fingerprint density at radius 2 is 2.37 bits per heavy atom. The zero-order valence-electron chi connectivity index (χ0n) is 9.92. The van der Waals surface area contributed by atoms with Crippen LogP contribution in [0.1, 0.15) is 16.1 Å². The summed E-state index contributed by atoms with van der Waals surface area (Å²) in [5, 5.41) is 24.1. The summed E-state index contributed by atoms with van der Waals surface area (Å²) in [5.41, 5.74) is 0.695. The summed E-state index contributed by atoms with van der Waals surface area (Å²) in [4.78, 5) is 15.6. The second-order valence-electron chi connectivity index (χ2n) is 3.55. The molecule has 19 heavy (non-hydrogen) atoms. The van der Waals surface area contributed by atoms with Gasteiger partial charge in [-0.3, -0.25) is 4.79 Å². The van der Waals surface area contributed by atoms with Gasteiger partial charge in [0.2, 0.25) is 0 Å². The van der Waals surface area contributed by atoms with Crippen LogP contribution in [0.4, 0.5) is 5.82 Å². The highest BCUT2D eigenvalue weighted by atomic mass is 16.1. The van der Waals surface area contributed by atoms with E-state index in [1.165, 1.54) is 6.20 Å². The first-order valence-corrected chi connectivity index (χ1v) is 5.54. The molecule has 0 bridgehead atoms. The van der Waals surface area contributed by atoms with Gasteiger partial charge >= 0.3 is 0 Å². The standard InChI is InChI=1S/C11H11N7O/c12-6-8-2-1-3-13-10(8)14-4-5-15-11(19)9-7-16-18-17-9/h1-3,7H,4-5H2,(H,13,14)(H,15,19)(H,16,17,18). The fourth-order valence-corrected chi connectivity index (χ4v) is 1.39. The van der Waals surface area contributed by atoms with Gasteiger partial charge in [0, 0.05) is 19.3 Å². The van der Waals surface area contributed by atoms with Crippen molar-refractivity contribution in [3.8, 4) is 6.07 Å². The molecule has 0 aliphatic rings. The Labute approximate surface area is 108 Å². The summed E-state index contributed by atoms with van der Waals surface area (Å²) >= 11 is 0. The zero-order valence-corrected chi connectivity index (χ0v) is 9.92. The summed E-state index contributed by atoms with van der Waals surface area (Å²) < 4.78 is 0. The smallest absolute Gasteiger partial charge is 0.273 e. The van der Waals surface area contributed by atoms with E-state index in [0.717, 1.165) is 0 Å². The molecule has 0 unspecified atom stereocenters. The molecule has 0 saturated carbocycles. The lowest BCUT2D eigenvalue weighted by Crippen LogP contribution is -2.29. The number of hydrogen-bond acceptors (Lipinski definition) is 6.